The van der Waals surface area contributed by atoms with Gasteiger partial charge in [0.1, 0.15) is 4.90 Å². The van der Waals surface area contributed by atoms with Crippen molar-refractivity contribution in [3.8, 4) is 12.3 Å². The molecular weight excluding hydrogens is 242 g/mol. The maximum atomic E-state index is 11.9. The Kier molecular flexibility index (Phi) is 4.69. The first-order chi connectivity index (χ1) is 8.02. The van der Waals surface area contributed by atoms with Gasteiger partial charge in [-0.05, 0) is 6.42 Å². The number of sulfonamides is 1. The maximum absolute atomic E-state index is 11.9. The highest BCUT2D eigenvalue weighted by molar-refractivity contribution is 7.89. The molecule has 0 atom stereocenters. The van der Waals surface area contributed by atoms with Crippen molar-refractivity contribution in [3.63, 3.8) is 0 Å². The number of aliphatic hydroxyl groups excluding tert-OH is 1. The van der Waals surface area contributed by atoms with Gasteiger partial charge in [-0.1, -0.05) is 5.92 Å². The minimum absolute atomic E-state index is 0.0180. The second-order valence-corrected chi connectivity index (χ2v) is 5.53. The molecule has 0 bridgehead atoms. The van der Waals surface area contributed by atoms with Gasteiger partial charge >= 0.3 is 0 Å². The topological polar surface area (TPSA) is 75.4 Å². The van der Waals surface area contributed by atoms with Gasteiger partial charge in [-0.15, -0.1) is 6.42 Å². The second kappa shape index (κ2) is 5.82. The molecule has 1 heterocycles. The third-order valence-corrected chi connectivity index (χ3v) is 3.93. The normalized spacial score (nSPS) is 11.6. The van der Waals surface area contributed by atoms with Crippen LogP contribution in [0.2, 0.25) is 0 Å². The van der Waals surface area contributed by atoms with E-state index in [9.17, 15) is 8.42 Å². The van der Waals surface area contributed by atoms with Crippen molar-refractivity contribution >= 4 is 10.0 Å². The van der Waals surface area contributed by atoms with Crippen LogP contribution >= 0.6 is 0 Å². The Balaban J connectivity index is 2.86. The summed E-state index contributed by atoms with van der Waals surface area (Å²) >= 11 is 0. The lowest BCUT2D eigenvalue weighted by Gasteiger charge is -2.11. The molecule has 0 fully saturated rings. The zero-order valence-electron chi connectivity index (χ0n) is 9.57. The van der Waals surface area contributed by atoms with E-state index < -0.39 is 10.0 Å². The summed E-state index contributed by atoms with van der Waals surface area (Å²) in [4.78, 5) is 0.105. The van der Waals surface area contributed by atoms with E-state index in [1.807, 2.05) is 0 Å². The van der Waals surface area contributed by atoms with Gasteiger partial charge in [0.05, 0.1) is 12.7 Å². The highest BCUT2D eigenvalue weighted by Gasteiger charge is 2.21. The zero-order valence-corrected chi connectivity index (χ0v) is 10.4. The first kappa shape index (κ1) is 13.7. The highest BCUT2D eigenvalue weighted by atomic mass is 32.2. The molecule has 0 unspecified atom stereocenters. The standard InChI is InChI=1S/C10H15N3O3S/c1-3-5-12(2)17(15,16)10-8-11-13(9-10)6-4-7-14/h1,8-9,14H,4-7H2,2H3. The van der Waals surface area contributed by atoms with Gasteiger partial charge in [0.15, 0.2) is 0 Å². The molecule has 1 N–H and O–H groups in total. The fraction of sp³-hybridized carbons (Fsp3) is 0.500. The van der Waals surface area contributed by atoms with Crippen molar-refractivity contribution in [1.29, 1.82) is 0 Å². The maximum Gasteiger partial charge on any atom is 0.246 e. The van der Waals surface area contributed by atoms with Crippen LogP contribution in [0, 0.1) is 12.3 Å². The van der Waals surface area contributed by atoms with Crippen molar-refractivity contribution in [3.05, 3.63) is 12.4 Å². The van der Waals surface area contributed by atoms with Crippen molar-refractivity contribution in [2.45, 2.75) is 17.9 Å². The second-order valence-electron chi connectivity index (χ2n) is 3.48. The van der Waals surface area contributed by atoms with Crippen molar-refractivity contribution < 1.29 is 13.5 Å². The van der Waals surface area contributed by atoms with E-state index in [0.717, 1.165) is 4.31 Å². The van der Waals surface area contributed by atoms with Crippen LogP contribution in [-0.2, 0) is 16.6 Å². The van der Waals surface area contributed by atoms with Crippen LogP contribution in [0.25, 0.3) is 0 Å². The van der Waals surface area contributed by atoms with E-state index in [-0.39, 0.29) is 18.0 Å². The minimum atomic E-state index is -3.56. The average molecular weight is 257 g/mol. The number of hydrogen-bond acceptors (Lipinski definition) is 4. The largest absolute Gasteiger partial charge is 0.396 e. The van der Waals surface area contributed by atoms with Crippen molar-refractivity contribution in [2.75, 3.05) is 20.2 Å². The first-order valence-corrected chi connectivity index (χ1v) is 6.49. The van der Waals surface area contributed by atoms with Gasteiger partial charge in [0, 0.05) is 26.4 Å². The zero-order chi connectivity index (χ0) is 12.9. The van der Waals surface area contributed by atoms with E-state index in [0.29, 0.717) is 13.0 Å². The van der Waals surface area contributed by atoms with Gasteiger partial charge in [-0.3, -0.25) is 4.68 Å². The smallest absolute Gasteiger partial charge is 0.246 e. The quantitative estimate of drug-likeness (QED) is 0.698. The molecule has 7 heteroatoms. The first-order valence-electron chi connectivity index (χ1n) is 5.05. The Labute approximate surface area is 101 Å². The summed E-state index contributed by atoms with van der Waals surface area (Å²) in [5, 5.41) is 12.6. The molecular formula is C10H15N3O3S. The number of terminal acetylenes is 1. The van der Waals surface area contributed by atoms with E-state index >= 15 is 0 Å². The fourth-order valence-corrected chi connectivity index (χ4v) is 2.27. The lowest BCUT2D eigenvalue weighted by Crippen LogP contribution is -2.26. The van der Waals surface area contributed by atoms with Crippen LogP contribution in [-0.4, -0.2) is 47.8 Å². The van der Waals surface area contributed by atoms with Gasteiger partial charge in [-0.25, -0.2) is 8.42 Å². The molecule has 1 rings (SSSR count). The summed E-state index contributed by atoms with van der Waals surface area (Å²) in [6.45, 7) is 0.536. The molecule has 1 aromatic heterocycles. The lowest BCUT2D eigenvalue weighted by atomic mass is 10.5. The van der Waals surface area contributed by atoms with Crippen LogP contribution in [0.15, 0.2) is 17.3 Å². The molecule has 0 saturated carbocycles. The van der Waals surface area contributed by atoms with Crippen LogP contribution in [0.4, 0.5) is 0 Å². The van der Waals surface area contributed by atoms with Crippen LogP contribution in [0.3, 0.4) is 0 Å². The van der Waals surface area contributed by atoms with Gasteiger partial charge in [0.25, 0.3) is 0 Å². The van der Waals surface area contributed by atoms with Gasteiger partial charge in [0.2, 0.25) is 10.0 Å². The summed E-state index contributed by atoms with van der Waals surface area (Å²) in [7, 11) is -2.14. The fourth-order valence-electron chi connectivity index (χ4n) is 1.23. The average Bonchev–Trinajstić information content (AvgIpc) is 2.75. The molecule has 0 aliphatic rings. The van der Waals surface area contributed by atoms with E-state index in [4.69, 9.17) is 11.5 Å². The predicted octanol–water partition coefficient (Wildman–Crippen LogP) is -0.481. The summed E-state index contributed by atoms with van der Waals surface area (Å²) < 4.78 is 26.4. The molecule has 0 amide bonds. The summed E-state index contributed by atoms with van der Waals surface area (Å²) in [5.74, 6) is 2.27. The van der Waals surface area contributed by atoms with Crippen LogP contribution in [0.5, 0.6) is 0 Å². The molecule has 6 nitrogen and oxygen atoms in total. The third kappa shape index (κ3) is 3.30. The molecule has 0 aliphatic carbocycles. The molecule has 0 aromatic carbocycles. The summed E-state index contributed by atoms with van der Waals surface area (Å²) in [5.41, 5.74) is 0. The minimum Gasteiger partial charge on any atom is -0.396 e. The molecule has 94 valence electrons. The number of hydrogen-bond donors (Lipinski definition) is 1. The third-order valence-electron chi connectivity index (χ3n) is 2.18. The van der Waals surface area contributed by atoms with Crippen LogP contribution < -0.4 is 0 Å². The summed E-state index contributed by atoms with van der Waals surface area (Å²) in [6, 6.07) is 0. The van der Waals surface area contributed by atoms with Crippen LogP contribution in [0.1, 0.15) is 6.42 Å². The molecule has 17 heavy (non-hydrogen) atoms. The Morgan fingerprint density at radius 1 is 1.65 bits per heavy atom. The Bertz CT molecular complexity index is 501. The number of aryl methyl sites for hydroxylation is 1. The Morgan fingerprint density at radius 3 is 2.94 bits per heavy atom. The van der Waals surface area contributed by atoms with E-state index in [1.165, 1.54) is 24.1 Å². The van der Waals surface area contributed by atoms with Gasteiger partial charge < -0.3 is 5.11 Å². The highest BCUT2D eigenvalue weighted by Crippen LogP contribution is 2.12. The number of rotatable bonds is 6. The van der Waals surface area contributed by atoms with Crippen molar-refractivity contribution in [1.82, 2.24) is 14.1 Å². The molecule has 0 aliphatic heterocycles. The van der Waals surface area contributed by atoms with Gasteiger partial charge in [-0.2, -0.15) is 9.40 Å². The number of aliphatic hydroxyl groups is 1. The molecule has 0 saturated heterocycles. The van der Waals surface area contributed by atoms with E-state index in [1.54, 1.807) is 0 Å². The van der Waals surface area contributed by atoms with Crippen molar-refractivity contribution in [2.24, 2.45) is 0 Å². The molecule has 0 spiro atoms. The summed E-state index contributed by atoms with van der Waals surface area (Å²) in [6.07, 6.45) is 8.31. The Hall–Kier alpha value is -1.36. The van der Waals surface area contributed by atoms with E-state index in [2.05, 4.69) is 11.0 Å². The predicted molar refractivity (Wildman–Crippen MR) is 62.6 cm³/mol. The SMILES string of the molecule is C#CCN(C)S(=O)(=O)c1cnn(CCCO)c1. The molecule has 0 radical (unpaired) electrons. The monoisotopic (exact) mass is 257 g/mol. The number of nitrogens with zero attached hydrogens (tertiary/aromatic N) is 3. The number of aromatic nitrogens is 2. The molecule has 1 aromatic rings. The Morgan fingerprint density at radius 2 is 2.35 bits per heavy atom. The lowest BCUT2D eigenvalue weighted by molar-refractivity contribution is 0.277.